The van der Waals surface area contributed by atoms with E-state index in [0.717, 1.165) is 19.5 Å². The van der Waals surface area contributed by atoms with E-state index in [1.54, 1.807) is 24.3 Å². The number of rotatable bonds is 4. The largest absolute Gasteiger partial charge is 0.378 e. The molecule has 1 fully saturated rings. The molecular weight excluding hydrogens is 356 g/mol. The second-order valence-corrected chi connectivity index (χ2v) is 7.29. The summed E-state index contributed by atoms with van der Waals surface area (Å²) in [5.74, 6) is 1.28. The number of aromatic nitrogens is 2. The highest BCUT2D eigenvalue weighted by molar-refractivity contribution is 6.30. The molecule has 26 heavy (non-hydrogen) atoms. The van der Waals surface area contributed by atoms with Crippen molar-refractivity contribution < 1.29 is 4.92 Å². The van der Waals surface area contributed by atoms with Gasteiger partial charge in [0.15, 0.2) is 0 Å². The predicted molar refractivity (Wildman–Crippen MR) is 103 cm³/mol. The normalized spacial score (nSPS) is 20.0. The molecule has 1 aliphatic rings. The van der Waals surface area contributed by atoms with Crippen molar-refractivity contribution >= 4 is 40.6 Å². The third kappa shape index (κ3) is 3.96. The molecule has 0 saturated carbocycles. The van der Waals surface area contributed by atoms with Gasteiger partial charge in [-0.25, -0.2) is 0 Å². The van der Waals surface area contributed by atoms with Crippen LogP contribution in [0.1, 0.15) is 20.3 Å². The minimum absolute atomic E-state index is 0.0608. The summed E-state index contributed by atoms with van der Waals surface area (Å²) in [5.41, 5.74) is 6.14. The number of nitrogens with zero attached hydrogens (tertiary/aromatic N) is 4. The summed E-state index contributed by atoms with van der Waals surface area (Å²) < 4.78 is 0. The van der Waals surface area contributed by atoms with E-state index >= 15 is 0 Å². The molecule has 0 amide bonds. The lowest BCUT2D eigenvalue weighted by molar-refractivity contribution is -0.383. The van der Waals surface area contributed by atoms with E-state index in [-0.39, 0.29) is 17.3 Å². The van der Waals surface area contributed by atoms with Gasteiger partial charge in [-0.15, -0.1) is 0 Å². The first kappa shape index (κ1) is 18.2. The van der Waals surface area contributed by atoms with Gasteiger partial charge in [0.25, 0.3) is 0 Å². The van der Waals surface area contributed by atoms with Crippen molar-refractivity contribution in [2.24, 2.45) is 11.8 Å². The maximum absolute atomic E-state index is 11.5. The molecule has 1 aromatic carbocycles. The zero-order valence-electron chi connectivity index (χ0n) is 14.6. The lowest BCUT2D eigenvalue weighted by Crippen LogP contribution is -2.39. The Morgan fingerprint density at radius 1 is 1.31 bits per heavy atom. The molecule has 0 aliphatic carbocycles. The maximum Gasteiger partial charge on any atom is 0.353 e. The molecule has 9 heteroatoms. The van der Waals surface area contributed by atoms with Crippen LogP contribution >= 0.6 is 11.6 Å². The van der Waals surface area contributed by atoms with Gasteiger partial charge in [0.05, 0.1) is 4.92 Å². The van der Waals surface area contributed by atoms with Crippen molar-refractivity contribution in [3.05, 3.63) is 39.4 Å². The van der Waals surface area contributed by atoms with Gasteiger partial charge in [0.1, 0.15) is 0 Å². The first-order valence-corrected chi connectivity index (χ1v) is 8.80. The summed E-state index contributed by atoms with van der Waals surface area (Å²) in [6.07, 6.45) is 1.13. The quantitative estimate of drug-likeness (QED) is 0.615. The topological polar surface area (TPSA) is 110 Å². The van der Waals surface area contributed by atoms with Gasteiger partial charge >= 0.3 is 5.69 Å². The van der Waals surface area contributed by atoms with Crippen molar-refractivity contribution in [1.29, 1.82) is 0 Å². The fourth-order valence-electron chi connectivity index (χ4n) is 3.40. The molecule has 0 spiro atoms. The monoisotopic (exact) mass is 376 g/mol. The second-order valence-electron chi connectivity index (χ2n) is 6.85. The number of nitro groups is 1. The summed E-state index contributed by atoms with van der Waals surface area (Å²) in [7, 11) is 0. The molecule has 1 saturated heterocycles. The lowest BCUT2D eigenvalue weighted by Gasteiger charge is -2.35. The number of nitrogens with one attached hydrogen (secondary N) is 1. The number of piperidine rings is 1. The zero-order valence-corrected chi connectivity index (χ0v) is 15.4. The molecule has 2 aromatic rings. The third-order valence-corrected chi connectivity index (χ3v) is 4.56. The van der Waals surface area contributed by atoms with Crippen molar-refractivity contribution in [3.8, 4) is 0 Å². The molecule has 138 valence electrons. The highest BCUT2D eigenvalue weighted by Crippen LogP contribution is 2.34. The highest BCUT2D eigenvalue weighted by Gasteiger charge is 2.28. The van der Waals surface area contributed by atoms with Crippen molar-refractivity contribution in [1.82, 2.24) is 9.97 Å². The van der Waals surface area contributed by atoms with Crippen LogP contribution in [0.5, 0.6) is 0 Å². The number of hydrogen-bond acceptors (Lipinski definition) is 7. The molecule has 3 rings (SSSR count). The van der Waals surface area contributed by atoms with E-state index in [1.165, 1.54) is 0 Å². The Labute approximate surface area is 156 Å². The van der Waals surface area contributed by atoms with Gasteiger partial charge < -0.3 is 16.0 Å². The molecule has 2 heterocycles. The molecule has 0 radical (unpaired) electrons. The number of nitrogens with two attached hydrogens (primary N) is 1. The van der Waals surface area contributed by atoms with Crippen LogP contribution in [-0.2, 0) is 0 Å². The van der Waals surface area contributed by atoms with Crippen LogP contribution in [0.4, 0.5) is 29.0 Å². The number of hydrogen-bond donors (Lipinski definition) is 2. The fraction of sp³-hybridized carbons (Fsp3) is 0.412. The summed E-state index contributed by atoms with van der Waals surface area (Å²) in [5, 5.41) is 14.9. The number of halogens is 1. The molecule has 1 aliphatic heterocycles. The van der Waals surface area contributed by atoms with Crippen LogP contribution in [0.2, 0.25) is 5.02 Å². The molecule has 2 atom stereocenters. The van der Waals surface area contributed by atoms with Crippen molar-refractivity contribution in [3.63, 3.8) is 0 Å². The van der Waals surface area contributed by atoms with Gasteiger partial charge in [-0.05, 0) is 36.5 Å². The van der Waals surface area contributed by atoms with Crippen LogP contribution in [0.25, 0.3) is 0 Å². The number of benzene rings is 1. The standard InChI is InChI=1S/C17H21ClN6O2/c1-10-6-11(2)9-23(8-10)17-21-15(19)14(24(25)26)16(22-17)20-13-5-3-4-12(18)7-13/h3-5,7,10-11H,6,8-9H2,1-2H3,(H3,19,20,21,22)/t10-,11+. The van der Waals surface area contributed by atoms with E-state index in [1.807, 2.05) is 4.90 Å². The van der Waals surface area contributed by atoms with E-state index in [9.17, 15) is 10.1 Å². The average molecular weight is 377 g/mol. The van der Waals surface area contributed by atoms with E-state index in [2.05, 4.69) is 29.1 Å². The molecule has 0 unspecified atom stereocenters. The van der Waals surface area contributed by atoms with E-state index < -0.39 is 4.92 Å². The Hall–Kier alpha value is -2.61. The van der Waals surface area contributed by atoms with E-state index in [4.69, 9.17) is 17.3 Å². The Kier molecular flexibility index (Phi) is 5.13. The molecule has 8 nitrogen and oxygen atoms in total. The minimum atomic E-state index is -0.576. The lowest BCUT2D eigenvalue weighted by atomic mass is 9.92. The summed E-state index contributed by atoms with van der Waals surface area (Å²) in [4.78, 5) is 21.5. The van der Waals surface area contributed by atoms with Gasteiger partial charge in [-0.3, -0.25) is 10.1 Å². The SMILES string of the molecule is C[C@@H]1C[C@H](C)CN(c2nc(N)c([N+](=O)[O-])c(Nc3cccc(Cl)c3)n2)C1. The molecular formula is C17H21ClN6O2. The smallest absolute Gasteiger partial charge is 0.353 e. The summed E-state index contributed by atoms with van der Waals surface area (Å²) >= 11 is 5.99. The average Bonchev–Trinajstić information content (AvgIpc) is 2.53. The van der Waals surface area contributed by atoms with E-state index in [0.29, 0.717) is 28.5 Å². The zero-order chi connectivity index (χ0) is 18.8. The maximum atomic E-state index is 11.5. The van der Waals surface area contributed by atoms with Crippen molar-refractivity contribution in [2.75, 3.05) is 29.0 Å². The molecule has 1 aromatic heterocycles. The Morgan fingerprint density at radius 2 is 2.00 bits per heavy atom. The van der Waals surface area contributed by atoms with Crippen LogP contribution in [-0.4, -0.2) is 28.0 Å². The van der Waals surface area contributed by atoms with Crippen LogP contribution < -0.4 is 16.0 Å². The summed E-state index contributed by atoms with van der Waals surface area (Å²) in [6.45, 7) is 5.92. The Morgan fingerprint density at radius 3 is 2.62 bits per heavy atom. The van der Waals surface area contributed by atoms with Crippen LogP contribution in [0.15, 0.2) is 24.3 Å². The first-order valence-electron chi connectivity index (χ1n) is 8.43. The van der Waals surface area contributed by atoms with Gasteiger partial charge in [0, 0.05) is 23.8 Å². The Balaban J connectivity index is 2.00. The summed E-state index contributed by atoms with van der Waals surface area (Å²) in [6, 6.07) is 6.88. The predicted octanol–water partition coefficient (Wildman–Crippen LogP) is 3.85. The highest BCUT2D eigenvalue weighted by atomic mass is 35.5. The minimum Gasteiger partial charge on any atom is -0.378 e. The fourth-order valence-corrected chi connectivity index (χ4v) is 3.59. The third-order valence-electron chi connectivity index (χ3n) is 4.32. The first-order chi connectivity index (χ1) is 12.3. The van der Waals surface area contributed by atoms with Crippen LogP contribution in [0.3, 0.4) is 0 Å². The van der Waals surface area contributed by atoms with Gasteiger partial charge in [-0.1, -0.05) is 31.5 Å². The number of anilines is 4. The van der Waals surface area contributed by atoms with Gasteiger partial charge in [0.2, 0.25) is 17.6 Å². The Bertz CT molecular complexity index is 821. The van der Waals surface area contributed by atoms with Crippen molar-refractivity contribution in [2.45, 2.75) is 20.3 Å². The molecule has 3 N–H and O–H groups in total. The van der Waals surface area contributed by atoms with Crippen LogP contribution in [0, 0.1) is 22.0 Å². The van der Waals surface area contributed by atoms with Gasteiger partial charge in [-0.2, -0.15) is 9.97 Å². The molecule has 0 bridgehead atoms. The second kappa shape index (κ2) is 7.33. The number of nitrogen functional groups attached to an aromatic ring is 1.